The Labute approximate surface area is 218 Å². The van der Waals surface area contributed by atoms with Crippen LogP contribution in [0.3, 0.4) is 0 Å². The van der Waals surface area contributed by atoms with Crippen LogP contribution in [-0.4, -0.2) is 34.0 Å². The highest BCUT2D eigenvalue weighted by Crippen LogP contribution is 2.29. The lowest BCUT2D eigenvalue weighted by Crippen LogP contribution is -2.17. The number of carbonyl (C=O) groups excluding carboxylic acids is 2. The lowest BCUT2D eigenvalue weighted by Gasteiger charge is -2.13. The van der Waals surface area contributed by atoms with Crippen molar-refractivity contribution in [3.63, 3.8) is 0 Å². The summed E-state index contributed by atoms with van der Waals surface area (Å²) in [6, 6.07) is 27.0. The van der Waals surface area contributed by atoms with Gasteiger partial charge in [0.05, 0.1) is 35.3 Å². The number of aromatic carboxylic acids is 2. The van der Waals surface area contributed by atoms with Crippen LogP contribution in [0.5, 0.6) is 0 Å². The molecule has 0 aromatic heterocycles. The summed E-state index contributed by atoms with van der Waals surface area (Å²) in [5.41, 5.74) is 2.44. The number of nitrogens with one attached hydrogen (secondary N) is 2. The van der Waals surface area contributed by atoms with Crippen LogP contribution in [0.1, 0.15) is 31.8 Å². The molecule has 8 heteroatoms. The van der Waals surface area contributed by atoms with E-state index in [1.807, 2.05) is 36.4 Å². The van der Waals surface area contributed by atoms with E-state index in [-0.39, 0.29) is 47.2 Å². The molecular weight excluding hydrogens is 484 g/mol. The van der Waals surface area contributed by atoms with Crippen molar-refractivity contribution in [3.8, 4) is 11.1 Å². The smallest absolute Gasteiger partial charge is 0.337 e. The second-order valence-electron chi connectivity index (χ2n) is 8.55. The average molecular weight is 509 g/mol. The summed E-state index contributed by atoms with van der Waals surface area (Å²) < 4.78 is 0. The molecule has 4 N–H and O–H groups in total. The Balaban J connectivity index is 1.56. The molecule has 0 bridgehead atoms. The zero-order valence-corrected chi connectivity index (χ0v) is 20.2. The Kier molecular flexibility index (Phi) is 7.93. The van der Waals surface area contributed by atoms with Gasteiger partial charge < -0.3 is 20.8 Å². The van der Waals surface area contributed by atoms with Gasteiger partial charge in [0.2, 0.25) is 11.8 Å². The van der Waals surface area contributed by atoms with Crippen LogP contribution in [0.2, 0.25) is 0 Å². The van der Waals surface area contributed by atoms with E-state index in [9.17, 15) is 29.4 Å². The molecular formula is C30H24N2O6. The minimum atomic E-state index is -1.25. The number of amides is 2. The molecule has 0 heterocycles. The minimum Gasteiger partial charge on any atom is -0.478 e. The maximum absolute atomic E-state index is 12.5. The molecule has 0 aliphatic heterocycles. The van der Waals surface area contributed by atoms with Gasteiger partial charge in [-0.25, -0.2) is 9.59 Å². The molecule has 2 amide bonds. The summed E-state index contributed by atoms with van der Waals surface area (Å²) in [5, 5.41) is 24.8. The molecule has 0 aliphatic carbocycles. The maximum Gasteiger partial charge on any atom is 0.337 e. The van der Waals surface area contributed by atoms with Crippen LogP contribution in [0.25, 0.3) is 11.1 Å². The molecule has 0 fully saturated rings. The van der Waals surface area contributed by atoms with Crippen LogP contribution in [-0.2, 0) is 22.4 Å². The Hall–Kier alpha value is -5.24. The van der Waals surface area contributed by atoms with Gasteiger partial charge in [0.15, 0.2) is 0 Å². The zero-order chi connectivity index (χ0) is 27.1. The van der Waals surface area contributed by atoms with Crippen molar-refractivity contribution in [2.45, 2.75) is 12.8 Å². The van der Waals surface area contributed by atoms with Gasteiger partial charge in [0.25, 0.3) is 0 Å². The fourth-order valence-electron chi connectivity index (χ4n) is 3.97. The second-order valence-corrected chi connectivity index (χ2v) is 8.55. The van der Waals surface area contributed by atoms with Gasteiger partial charge in [-0.1, -0.05) is 72.8 Å². The number of carboxylic acids is 2. The van der Waals surface area contributed by atoms with E-state index in [0.29, 0.717) is 11.1 Å². The molecule has 0 saturated carbocycles. The summed E-state index contributed by atoms with van der Waals surface area (Å²) in [6.07, 6.45) is 0.169. The third kappa shape index (κ3) is 6.50. The van der Waals surface area contributed by atoms with E-state index >= 15 is 0 Å². The molecule has 4 aromatic rings. The fraction of sp³-hybridized carbons (Fsp3) is 0.0667. The average Bonchev–Trinajstić information content (AvgIpc) is 2.90. The molecule has 8 nitrogen and oxygen atoms in total. The predicted octanol–water partition coefficient (Wildman–Crippen LogP) is 5.11. The van der Waals surface area contributed by atoms with Gasteiger partial charge in [-0.15, -0.1) is 0 Å². The first-order valence-electron chi connectivity index (χ1n) is 11.7. The molecule has 0 spiro atoms. The van der Waals surface area contributed by atoms with E-state index in [4.69, 9.17) is 0 Å². The first-order chi connectivity index (χ1) is 18.3. The van der Waals surface area contributed by atoms with E-state index in [1.165, 1.54) is 24.3 Å². The number of rotatable bonds is 9. The van der Waals surface area contributed by atoms with Crippen molar-refractivity contribution in [1.82, 2.24) is 0 Å². The topological polar surface area (TPSA) is 133 Å². The third-order valence-corrected chi connectivity index (χ3v) is 5.80. The Morgan fingerprint density at radius 2 is 0.895 bits per heavy atom. The fourth-order valence-corrected chi connectivity index (χ4v) is 3.97. The van der Waals surface area contributed by atoms with Gasteiger partial charge in [-0.2, -0.15) is 0 Å². The summed E-state index contributed by atoms with van der Waals surface area (Å²) in [7, 11) is 0. The van der Waals surface area contributed by atoms with Gasteiger partial charge in [-0.05, 0) is 46.5 Å². The number of carboxylic acid groups (broad SMARTS) is 2. The molecule has 190 valence electrons. The summed E-state index contributed by atoms with van der Waals surface area (Å²) >= 11 is 0. The summed E-state index contributed by atoms with van der Waals surface area (Å²) in [4.78, 5) is 48.8. The van der Waals surface area contributed by atoms with Crippen LogP contribution in [0.4, 0.5) is 11.4 Å². The number of anilines is 2. The highest BCUT2D eigenvalue weighted by molar-refractivity contribution is 6.04. The second kappa shape index (κ2) is 11.7. The zero-order valence-electron chi connectivity index (χ0n) is 20.2. The van der Waals surface area contributed by atoms with Gasteiger partial charge in [-0.3, -0.25) is 9.59 Å². The van der Waals surface area contributed by atoms with Gasteiger partial charge in [0.1, 0.15) is 0 Å². The van der Waals surface area contributed by atoms with Crippen molar-refractivity contribution in [2.75, 3.05) is 10.6 Å². The number of hydrogen-bond donors (Lipinski definition) is 4. The van der Waals surface area contributed by atoms with Crippen LogP contribution >= 0.6 is 0 Å². The monoisotopic (exact) mass is 508 g/mol. The van der Waals surface area contributed by atoms with E-state index in [1.54, 1.807) is 36.4 Å². The van der Waals surface area contributed by atoms with E-state index in [0.717, 1.165) is 11.1 Å². The summed E-state index contributed by atoms with van der Waals surface area (Å²) in [6.45, 7) is 0. The van der Waals surface area contributed by atoms with Crippen LogP contribution < -0.4 is 10.6 Å². The molecule has 4 aromatic carbocycles. The Morgan fingerprint density at radius 1 is 0.526 bits per heavy atom. The van der Waals surface area contributed by atoms with Crippen molar-refractivity contribution in [3.05, 3.63) is 119 Å². The lowest BCUT2D eigenvalue weighted by molar-refractivity contribution is -0.116. The normalized spacial score (nSPS) is 10.4. The van der Waals surface area contributed by atoms with E-state index in [2.05, 4.69) is 10.6 Å². The molecule has 4 rings (SSSR count). The molecule has 0 atom stereocenters. The minimum absolute atomic E-state index is 0.0844. The SMILES string of the molecule is O=C(Cc1ccccc1)Nc1ccc(-c2ccc(NC(=O)Cc3ccccc3)c(C(=O)O)c2)cc1C(=O)O. The van der Waals surface area contributed by atoms with Crippen LogP contribution in [0, 0.1) is 0 Å². The Bertz CT molecular complexity index is 1390. The molecule has 0 unspecified atom stereocenters. The van der Waals surface area contributed by atoms with Crippen molar-refractivity contribution in [1.29, 1.82) is 0 Å². The first kappa shape index (κ1) is 25.8. The number of hydrogen-bond acceptors (Lipinski definition) is 4. The van der Waals surface area contributed by atoms with E-state index < -0.39 is 11.9 Å². The third-order valence-electron chi connectivity index (χ3n) is 5.80. The lowest BCUT2D eigenvalue weighted by atomic mass is 9.98. The van der Waals surface area contributed by atoms with Crippen molar-refractivity contribution >= 4 is 35.1 Å². The Morgan fingerprint density at radius 3 is 1.24 bits per heavy atom. The highest BCUT2D eigenvalue weighted by atomic mass is 16.4. The highest BCUT2D eigenvalue weighted by Gasteiger charge is 2.18. The van der Waals surface area contributed by atoms with Crippen molar-refractivity contribution < 1.29 is 29.4 Å². The van der Waals surface area contributed by atoms with Crippen molar-refractivity contribution in [2.24, 2.45) is 0 Å². The molecule has 38 heavy (non-hydrogen) atoms. The largest absolute Gasteiger partial charge is 0.478 e. The number of benzene rings is 4. The first-order valence-corrected chi connectivity index (χ1v) is 11.7. The van der Waals surface area contributed by atoms with Gasteiger partial charge in [0, 0.05) is 0 Å². The predicted molar refractivity (Wildman–Crippen MR) is 143 cm³/mol. The van der Waals surface area contributed by atoms with Gasteiger partial charge >= 0.3 is 11.9 Å². The standard InChI is InChI=1S/C30H24N2O6/c33-27(15-19-7-3-1-4-8-19)31-25-13-11-21(17-23(25)29(35)36)22-12-14-26(24(18-22)30(37)38)32-28(34)16-20-9-5-2-6-10-20/h1-14,17-18H,15-16H2,(H,31,33)(H,32,34)(H,35,36)(H,37,38). The quantitative estimate of drug-likeness (QED) is 0.248. The maximum atomic E-state index is 12.5. The number of carbonyl (C=O) groups is 4. The molecule has 0 saturated heterocycles. The summed E-state index contributed by atoms with van der Waals surface area (Å²) in [5.74, 6) is -3.22. The molecule has 0 radical (unpaired) electrons. The van der Waals surface area contributed by atoms with Crippen LogP contribution in [0.15, 0.2) is 97.1 Å². The molecule has 0 aliphatic rings.